The maximum atomic E-state index is 12.6. The quantitative estimate of drug-likeness (QED) is 0.861. The van der Waals surface area contributed by atoms with Gasteiger partial charge < -0.3 is 20.5 Å². The van der Waals surface area contributed by atoms with Crippen LogP contribution in [0.15, 0.2) is 0 Å². The lowest BCUT2D eigenvalue weighted by atomic mass is 9.86. The molecular formula is C18H26N2O4S. The van der Waals surface area contributed by atoms with Gasteiger partial charge in [-0.3, -0.25) is 9.59 Å². The molecule has 1 aromatic heterocycles. The van der Waals surface area contributed by atoms with Crippen LogP contribution in [-0.2, 0) is 26.3 Å². The number of carbonyl (C=O) groups is 2. The van der Waals surface area contributed by atoms with E-state index in [4.69, 9.17) is 15.2 Å². The lowest BCUT2D eigenvalue weighted by Gasteiger charge is -2.41. The van der Waals surface area contributed by atoms with Gasteiger partial charge in [0, 0.05) is 30.4 Å². The van der Waals surface area contributed by atoms with E-state index in [1.807, 2.05) is 27.7 Å². The molecule has 0 radical (unpaired) electrons. The molecule has 1 saturated heterocycles. The minimum Gasteiger partial charge on any atom is -0.381 e. The van der Waals surface area contributed by atoms with Crippen molar-refractivity contribution in [3.8, 4) is 0 Å². The summed E-state index contributed by atoms with van der Waals surface area (Å²) in [6, 6.07) is 0. The Morgan fingerprint density at radius 1 is 1.20 bits per heavy atom. The molecule has 0 atom stereocenters. The molecule has 3 N–H and O–H groups in total. The molecule has 6 nitrogen and oxygen atoms in total. The maximum absolute atomic E-state index is 12.6. The molecule has 0 aromatic carbocycles. The molecule has 138 valence electrons. The van der Waals surface area contributed by atoms with Crippen LogP contribution in [0.3, 0.4) is 0 Å². The van der Waals surface area contributed by atoms with E-state index in [1.165, 1.54) is 11.3 Å². The first kappa shape index (κ1) is 18.4. The number of amides is 2. The average molecular weight is 366 g/mol. The first-order chi connectivity index (χ1) is 11.6. The zero-order chi connectivity index (χ0) is 18.4. The fourth-order valence-electron chi connectivity index (χ4n) is 3.84. The molecule has 1 aromatic rings. The Kier molecular flexibility index (Phi) is 4.68. The molecule has 25 heavy (non-hydrogen) atoms. The molecule has 2 amide bonds. The molecule has 0 aliphatic carbocycles. The number of primary amides is 1. The van der Waals surface area contributed by atoms with E-state index in [1.54, 1.807) is 0 Å². The summed E-state index contributed by atoms with van der Waals surface area (Å²) >= 11 is 1.40. The Hall–Kier alpha value is -1.44. The number of hydrogen-bond donors (Lipinski definition) is 2. The van der Waals surface area contributed by atoms with Crippen LogP contribution >= 0.6 is 11.3 Å². The Bertz CT molecular complexity index is 702. The number of ether oxygens (including phenoxy) is 2. The summed E-state index contributed by atoms with van der Waals surface area (Å²) in [6.07, 6.45) is 1.99. The number of nitrogens with two attached hydrogens (primary N) is 1. The average Bonchev–Trinajstić information content (AvgIpc) is 2.85. The summed E-state index contributed by atoms with van der Waals surface area (Å²) in [7, 11) is 0. The van der Waals surface area contributed by atoms with E-state index in [0.717, 1.165) is 10.4 Å². The molecule has 0 spiro atoms. The van der Waals surface area contributed by atoms with Crippen molar-refractivity contribution in [3.05, 3.63) is 16.0 Å². The second-order valence-corrected chi connectivity index (χ2v) is 8.92. The van der Waals surface area contributed by atoms with Gasteiger partial charge in [0.2, 0.25) is 5.91 Å². The lowest BCUT2D eigenvalue weighted by molar-refractivity contribution is -0.135. The van der Waals surface area contributed by atoms with Gasteiger partial charge in [-0.2, -0.15) is 0 Å². The number of hydrogen-bond acceptors (Lipinski definition) is 5. The predicted molar refractivity (Wildman–Crippen MR) is 96.9 cm³/mol. The molecule has 2 aliphatic heterocycles. The van der Waals surface area contributed by atoms with Crippen molar-refractivity contribution in [2.24, 2.45) is 11.7 Å². The van der Waals surface area contributed by atoms with Gasteiger partial charge in [0.25, 0.3) is 5.91 Å². The summed E-state index contributed by atoms with van der Waals surface area (Å²) in [4.78, 5) is 25.7. The normalized spacial score (nSPS) is 22.2. The van der Waals surface area contributed by atoms with Crippen molar-refractivity contribution in [1.29, 1.82) is 0 Å². The Balaban J connectivity index is 1.96. The van der Waals surface area contributed by atoms with Crippen molar-refractivity contribution in [1.82, 2.24) is 0 Å². The van der Waals surface area contributed by atoms with Gasteiger partial charge in [-0.15, -0.1) is 11.3 Å². The fourth-order valence-corrected chi connectivity index (χ4v) is 5.11. The highest BCUT2D eigenvalue weighted by atomic mass is 32.1. The van der Waals surface area contributed by atoms with Gasteiger partial charge in [-0.05, 0) is 46.1 Å². The first-order valence-electron chi connectivity index (χ1n) is 8.65. The number of thiophene rings is 1. The van der Waals surface area contributed by atoms with Crippen LogP contribution in [0, 0.1) is 5.92 Å². The van der Waals surface area contributed by atoms with Crippen LogP contribution in [0.1, 0.15) is 61.3 Å². The Morgan fingerprint density at radius 3 is 2.44 bits per heavy atom. The summed E-state index contributed by atoms with van der Waals surface area (Å²) in [5.41, 5.74) is 6.08. The standard InChI is InChI=1S/C18H26N2O4S/c1-17(2)9-11-12(14(19)21)16(25-13(11)18(3,4)24-17)20-15(22)10-5-7-23-8-6-10/h10H,5-9H2,1-4H3,(H2,19,21)(H,20,22). The van der Waals surface area contributed by atoms with Crippen LogP contribution in [0.5, 0.6) is 0 Å². The van der Waals surface area contributed by atoms with E-state index in [-0.39, 0.29) is 11.8 Å². The van der Waals surface area contributed by atoms with Gasteiger partial charge >= 0.3 is 0 Å². The van der Waals surface area contributed by atoms with E-state index >= 15 is 0 Å². The minimum atomic E-state index is -0.534. The topological polar surface area (TPSA) is 90.6 Å². The molecule has 3 heterocycles. The summed E-state index contributed by atoms with van der Waals surface area (Å²) in [6.45, 7) is 9.16. The third-order valence-electron chi connectivity index (χ3n) is 4.76. The third-order valence-corrected chi connectivity index (χ3v) is 6.22. The number of rotatable bonds is 3. The summed E-state index contributed by atoms with van der Waals surface area (Å²) in [5, 5.41) is 3.50. The monoisotopic (exact) mass is 366 g/mol. The highest BCUT2D eigenvalue weighted by molar-refractivity contribution is 7.17. The fraction of sp³-hybridized carbons (Fsp3) is 0.667. The minimum absolute atomic E-state index is 0.0672. The molecule has 3 rings (SSSR count). The van der Waals surface area contributed by atoms with Crippen LogP contribution in [0.25, 0.3) is 0 Å². The largest absolute Gasteiger partial charge is 0.381 e. The first-order valence-corrected chi connectivity index (χ1v) is 9.47. The highest BCUT2D eigenvalue weighted by Gasteiger charge is 2.43. The molecule has 1 fully saturated rings. The smallest absolute Gasteiger partial charge is 0.251 e. The van der Waals surface area contributed by atoms with Crippen LogP contribution in [-0.4, -0.2) is 30.6 Å². The number of anilines is 1. The molecule has 7 heteroatoms. The van der Waals surface area contributed by atoms with Crippen molar-refractivity contribution >= 4 is 28.2 Å². The second kappa shape index (κ2) is 6.37. The van der Waals surface area contributed by atoms with Gasteiger partial charge in [0.1, 0.15) is 5.00 Å². The number of nitrogens with one attached hydrogen (secondary N) is 1. The van der Waals surface area contributed by atoms with Crippen molar-refractivity contribution in [3.63, 3.8) is 0 Å². The highest BCUT2D eigenvalue weighted by Crippen LogP contribution is 2.48. The van der Waals surface area contributed by atoms with Gasteiger partial charge in [0.15, 0.2) is 0 Å². The molecule has 2 aliphatic rings. The maximum Gasteiger partial charge on any atom is 0.251 e. The predicted octanol–water partition coefficient (Wildman–Crippen LogP) is 2.80. The number of carbonyl (C=O) groups excluding carboxylic acids is 2. The molecule has 0 bridgehead atoms. The van der Waals surface area contributed by atoms with Crippen LogP contribution < -0.4 is 11.1 Å². The Morgan fingerprint density at radius 2 is 1.84 bits per heavy atom. The van der Waals surface area contributed by atoms with Crippen LogP contribution in [0.4, 0.5) is 5.00 Å². The van der Waals surface area contributed by atoms with E-state index in [9.17, 15) is 9.59 Å². The lowest BCUT2D eigenvalue weighted by Crippen LogP contribution is -2.42. The SMILES string of the molecule is CC1(C)Cc2c(sc(NC(=O)C3CCOCC3)c2C(N)=O)C(C)(C)O1. The zero-order valence-corrected chi connectivity index (χ0v) is 16.0. The van der Waals surface area contributed by atoms with E-state index in [0.29, 0.717) is 43.0 Å². The van der Waals surface area contributed by atoms with E-state index < -0.39 is 17.1 Å². The van der Waals surface area contributed by atoms with Gasteiger partial charge in [-0.25, -0.2) is 0 Å². The van der Waals surface area contributed by atoms with Crippen LogP contribution in [0.2, 0.25) is 0 Å². The van der Waals surface area contributed by atoms with Gasteiger partial charge in [0.05, 0.1) is 16.8 Å². The Labute approximate surface area is 152 Å². The van der Waals surface area contributed by atoms with Gasteiger partial charge in [-0.1, -0.05) is 0 Å². The summed E-state index contributed by atoms with van der Waals surface area (Å²) < 4.78 is 11.5. The van der Waals surface area contributed by atoms with E-state index in [2.05, 4.69) is 5.32 Å². The van der Waals surface area contributed by atoms with Crippen molar-refractivity contribution < 1.29 is 19.1 Å². The number of fused-ring (bicyclic) bond motifs is 1. The zero-order valence-electron chi connectivity index (χ0n) is 15.2. The summed E-state index contributed by atoms with van der Waals surface area (Å²) in [5.74, 6) is -0.662. The molecule has 0 unspecified atom stereocenters. The molecule has 0 saturated carbocycles. The van der Waals surface area contributed by atoms with Crippen molar-refractivity contribution in [2.45, 2.75) is 58.2 Å². The third kappa shape index (κ3) is 3.59. The van der Waals surface area contributed by atoms with Crippen molar-refractivity contribution in [2.75, 3.05) is 18.5 Å². The molecular weight excluding hydrogens is 340 g/mol. The second-order valence-electron chi connectivity index (χ2n) is 7.90.